The van der Waals surface area contributed by atoms with E-state index in [2.05, 4.69) is 10.5 Å². The molecule has 0 radical (unpaired) electrons. The molecule has 0 fully saturated rings. The molecule has 0 aliphatic rings. The number of methoxy groups -OCH3 is 1. The van der Waals surface area contributed by atoms with Crippen LogP contribution in [0.4, 0.5) is 0 Å². The summed E-state index contributed by atoms with van der Waals surface area (Å²) in [6.45, 7) is 7.80. The van der Waals surface area contributed by atoms with Gasteiger partial charge in [0.05, 0.1) is 7.11 Å². The van der Waals surface area contributed by atoms with Crippen molar-refractivity contribution in [1.29, 1.82) is 0 Å². The second kappa shape index (κ2) is 8.51. The van der Waals surface area contributed by atoms with Crippen molar-refractivity contribution >= 4 is 11.9 Å². The standard InChI is InChI=1S/C19H24N2O5/c1-11(2)17(19(23)24-5)20-18(22)16-9-15(26-21-16)10-25-14-7-6-12(3)13(4)8-14/h6-9,11,17H,10H2,1-5H3,(H,20,22)/t17-/m0/s1. The summed E-state index contributed by atoms with van der Waals surface area (Å²) >= 11 is 0. The number of esters is 1. The topological polar surface area (TPSA) is 90.7 Å². The van der Waals surface area contributed by atoms with Crippen molar-refractivity contribution in [1.82, 2.24) is 10.5 Å². The number of ether oxygens (including phenoxy) is 2. The lowest BCUT2D eigenvalue weighted by molar-refractivity contribution is -0.144. The number of amides is 1. The van der Waals surface area contributed by atoms with Gasteiger partial charge < -0.3 is 19.3 Å². The van der Waals surface area contributed by atoms with Crippen molar-refractivity contribution < 1.29 is 23.6 Å². The molecular formula is C19H24N2O5. The van der Waals surface area contributed by atoms with Crippen molar-refractivity contribution in [2.45, 2.75) is 40.3 Å². The lowest BCUT2D eigenvalue weighted by atomic mass is 10.0. The minimum absolute atomic E-state index is 0.0817. The van der Waals surface area contributed by atoms with E-state index in [4.69, 9.17) is 14.0 Å². The van der Waals surface area contributed by atoms with E-state index in [-0.39, 0.29) is 18.2 Å². The van der Waals surface area contributed by atoms with E-state index in [9.17, 15) is 9.59 Å². The molecule has 1 N–H and O–H groups in total. The first-order chi connectivity index (χ1) is 12.3. The molecule has 1 atom stereocenters. The van der Waals surface area contributed by atoms with Crippen LogP contribution >= 0.6 is 0 Å². The Morgan fingerprint density at radius 2 is 1.92 bits per heavy atom. The number of benzene rings is 1. The maximum absolute atomic E-state index is 12.3. The predicted molar refractivity (Wildman–Crippen MR) is 94.9 cm³/mol. The summed E-state index contributed by atoms with van der Waals surface area (Å²) in [6.07, 6.45) is 0. The summed E-state index contributed by atoms with van der Waals surface area (Å²) in [5, 5.41) is 6.35. The molecule has 0 aliphatic heterocycles. The van der Waals surface area contributed by atoms with Crippen LogP contribution in [0.1, 0.15) is 41.2 Å². The second-order valence-corrected chi connectivity index (χ2v) is 6.43. The highest BCUT2D eigenvalue weighted by Gasteiger charge is 2.26. The van der Waals surface area contributed by atoms with Crippen molar-refractivity contribution in [2.24, 2.45) is 5.92 Å². The first kappa shape index (κ1) is 19.5. The highest BCUT2D eigenvalue weighted by molar-refractivity contribution is 5.95. The number of aryl methyl sites for hydroxylation is 2. The summed E-state index contributed by atoms with van der Waals surface area (Å²) < 4.78 is 15.5. The van der Waals surface area contributed by atoms with E-state index in [1.807, 2.05) is 45.9 Å². The zero-order chi connectivity index (χ0) is 19.3. The third-order valence-electron chi connectivity index (χ3n) is 4.06. The summed E-state index contributed by atoms with van der Waals surface area (Å²) in [5.41, 5.74) is 2.39. The SMILES string of the molecule is COC(=O)[C@@H](NC(=O)c1cc(COc2ccc(C)c(C)c2)on1)C(C)C. The maximum Gasteiger partial charge on any atom is 0.328 e. The van der Waals surface area contributed by atoms with E-state index in [1.54, 1.807) is 0 Å². The van der Waals surface area contributed by atoms with E-state index < -0.39 is 17.9 Å². The smallest absolute Gasteiger partial charge is 0.328 e. The van der Waals surface area contributed by atoms with Gasteiger partial charge in [0.15, 0.2) is 11.5 Å². The van der Waals surface area contributed by atoms with Gasteiger partial charge in [-0.05, 0) is 43.0 Å². The number of hydrogen-bond acceptors (Lipinski definition) is 6. The van der Waals surface area contributed by atoms with Crippen LogP contribution in [-0.2, 0) is 16.1 Å². The van der Waals surface area contributed by atoms with Crippen LogP contribution in [-0.4, -0.2) is 30.2 Å². The van der Waals surface area contributed by atoms with Gasteiger partial charge in [0.1, 0.15) is 18.4 Å². The Morgan fingerprint density at radius 3 is 2.54 bits per heavy atom. The normalized spacial score (nSPS) is 11.9. The molecule has 7 nitrogen and oxygen atoms in total. The Balaban J connectivity index is 1.98. The van der Waals surface area contributed by atoms with Crippen LogP contribution in [0.15, 0.2) is 28.8 Å². The zero-order valence-electron chi connectivity index (χ0n) is 15.7. The third-order valence-corrected chi connectivity index (χ3v) is 4.06. The first-order valence-corrected chi connectivity index (χ1v) is 8.36. The zero-order valence-corrected chi connectivity index (χ0v) is 15.7. The molecule has 0 unspecified atom stereocenters. The fourth-order valence-corrected chi connectivity index (χ4v) is 2.29. The van der Waals surface area contributed by atoms with Crippen molar-refractivity contribution in [3.8, 4) is 5.75 Å². The number of nitrogens with zero attached hydrogens (tertiary/aromatic N) is 1. The Kier molecular flexibility index (Phi) is 6.38. The molecule has 2 aromatic rings. The average molecular weight is 360 g/mol. The number of hydrogen-bond donors (Lipinski definition) is 1. The number of nitrogens with one attached hydrogen (secondary N) is 1. The van der Waals surface area contributed by atoms with E-state index in [1.165, 1.54) is 18.7 Å². The van der Waals surface area contributed by atoms with E-state index >= 15 is 0 Å². The van der Waals surface area contributed by atoms with Gasteiger partial charge in [-0.2, -0.15) is 0 Å². The predicted octanol–water partition coefficient (Wildman–Crippen LogP) is 2.80. The van der Waals surface area contributed by atoms with E-state index in [0.29, 0.717) is 11.5 Å². The van der Waals surface area contributed by atoms with Crippen LogP contribution in [0.2, 0.25) is 0 Å². The molecule has 1 aromatic carbocycles. The van der Waals surface area contributed by atoms with Crippen molar-refractivity contribution in [3.63, 3.8) is 0 Å². The van der Waals surface area contributed by atoms with Crippen LogP contribution in [0, 0.1) is 19.8 Å². The molecule has 1 amide bonds. The van der Waals surface area contributed by atoms with Crippen LogP contribution in [0.25, 0.3) is 0 Å². The van der Waals surface area contributed by atoms with Gasteiger partial charge in [-0.1, -0.05) is 25.1 Å². The molecule has 0 aliphatic carbocycles. The van der Waals surface area contributed by atoms with Gasteiger partial charge in [0.2, 0.25) is 0 Å². The summed E-state index contributed by atoms with van der Waals surface area (Å²) in [6, 6.07) is 6.52. The van der Waals surface area contributed by atoms with Gasteiger partial charge in [-0.25, -0.2) is 4.79 Å². The van der Waals surface area contributed by atoms with Crippen molar-refractivity contribution in [3.05, 3.63) is 46.8 Å². The Morgan fingerprint density at radius 1 is 1.19 bits per heavy atom. The maximum atomic E-state index is 12.3. The number of rotatable bonds is 7. The average Bonchev–Trinajstić information content (AvgIpc) is 3.08. The minimum Gasteiger partial charge on any atom is -0.486 e. The van der Waals surface area contributed by atoms with Crippen LogP contribution < -0.4 is 10.1 Å². The largest absolute Gasteiger partial charge is 0.486 e. The number of aromatic nitrogens is 1. The summed E-state index contributed by atoms with van der Waals surface area (Å²) in [7, 11) is 1.28. The van der Waals surface area contributed by atoms with Gasteiger partial charge in [-0.3, -0.25) is 4.79 Å². The molecule has 1 aromatic heterocycles. The first-order valence-electron chi connectivity index (χ1n) is 8.36. The monoisotopic (exact) mass is 360 g/mol. The highest BCUT2D eigenvalue weighted by atomic mass is 16.5. The van der Waals surface area contributed by atoms with Gasteiger partial charge in [0, 0.05) is 6.07 Å². The van der Waals surface area contributed by atoms with Gasteiger partial charge in [-0.15, -0.1) is 0 Å². The molecule has 0 saturated carbocycles. The van der Waals surface area contributed by atoms with Gasteiger partial charge in [0.25, 0.3) is 5.91 Å². The quantitative estimate of drug-likeness (QED) is 0.764. The van der Waals surface area contributed by atoms with Crippen LogP contribution in [0.5, 0.6) is 5.75 Å². The third kappa shape index (κ3) is 4.84. The Hall–Kier alpha value is -2.83. The summed E-state index contributed by atoms with van der Waals surface area (Å²) in [4.78, 5) is 24.0. The molecular weight excluding hydrogens is 336 g/mol. The molecule has 26 heavy (non-hydrogen) atoms. The highest BCUT2D eigenvalue weighted by Crippen LogP contribution is 2.18. The fourth-order valence-electron chi connectivity index (χ4n) is 2.29. The van der Waals surface area contributed by atoms with Gasteiger partial charge >= 0.3 is 5.97 Å². The fraction of sp³-hybridized carbons (Fsp3) is 0.421. The second-order valence-electron chi connectivity index (χ2n) is 6.43. The molecule has 0 bridgehead atoms. The Bertz CT molecular complexity index is 782. The molecule has 1 heterocycles. The Labute approximate surface area is 152 Å². The van der Waals surface area contributed by atoms with Crippen molar-refractivity contribution in [2.75, 3.05) is 7.11 Å². The lowest BCUT2D eigenvalue weighted by Gasteiger charge is -2.18. The number of carbonyl (C=O) groups excluding carboxylic acids is 2. The molecule has 7 heteroatoms. The number of carbonyl (C=O) groups is 2. The van der Waals surface area contributed by atoms with Crippen LogP contribution in [0.3, 0.4) is 0 Å². The molecule has 140 valence electrons. The van der Waals surface area contributed by atoms with E-state index in [0.717, 1.165) is 5.56 Å². The molecule has 0 spiro atoms. The summed E-state index contributed by atoms with van der Waals surface area (Å²) in [5.74, 6) is -0.00934. The molecule has 2 rings (SSSR count). The molecule has 0 saturated heterocycles. The minimum atomic E-state index is -0.751. The lowest BCUT2D eigenvalue weighted by Crippen LogP contribution is -2.45.